The van der Waals surface area contributed by atoms with Crippen LogP contribution in [0.2, 0.25) is 0 Å². The lowest BCUT2D eigenvalue weighted by Gasteiger charge is -2.20. The van der Waals surface area contributed by atoms with E-state index in [9.17, 15) is 0 Å². The number of pyridine rings is 1. The minimum absolute atomic E-state index is 0.806. The Morgan fingerprint density at radius 2 is 1.75 bits per heavy atom. The molecule has 0 radical (unpaired) electrons. The van der Waals surface area contributed by atoms with Gasteiger partial charge in [0.2, 0.25) is 0 Å². The SMILES string of the molecule is CN1CC2CN(c3ccc(-c4ccc5occc5c4)cn3)CC2C1. The second kappa shape index (κ2) is 5.35. The second-order valence-electron chi connectivity index (χ2n) is 7.22. The summed E-state index contributed by atoms with van der Waals surface area (Å²) in [5.41, 5.74) is 3.26. The third kappa shape index (κ3) is 2.29. The number of rotatable bonds is 2. The van der Waals surface area contributed by atoms with Crippen molar-refractivity contribution in [2.75, 3.05) is 38.1 Å². The van der Waals surface area contributed by atoms with Crippen molar-refractivity contribution in [1.82, 2.24) is 9.88 Å². The third-order valence-electron chi connectivity index (χ3n) is 5.53. The van der Waals surface area contributed by atoms with E-state index in [2.05, 4.69) is 41.1 Å². The number of anilines is 1. The van der Waals surface area contributed by atoms with Gasteiger partial charge in [-0.15, -0.1) is 0 Å². The molecule has 0 aliphatic carbocycles. The van der Waals surface area contributed by atoms with Crippen molar-refractivity contribution in [3.05, 3.63) is 48.9 Å². The smallest absolute Gasteiger partial charge is 0.133 e. The number of likely N-dealkylation sites (tertiary alicyclic amines) is 1. The predicted molar refractivity (Wildman–Crippen MR) is 96.1 cm³/mol. The van der Waals surface area contributed by atoms with Gasteiger partial charge in [-0.3, -0.25) is 0 Å². The molecule has 4 nitrogen and oxygen atoms in total. The molecule has 2 saturated heterocycles. The summed E-state index contributed by atoms with van der Waals surface area (Å²) in [6.45, 7) is 4.73. The number of nitrogens with zero attached hydrogens (tertiary/aromatic N) is 3. The van der Waals surface area contributed by atoms with Crippen molar-refractivity contribution in [2.24, 2.45) is 11.8 Å². The molecule has 2 aliphatic rings. The summed E-state index contributed by atoms with van der Waals surface area (Å²) in [5, 5.41) is 1.13. The summed E-state index contributed by atoms with van der Waals surface area (Å²) >= 11 is 0. The quantitative estimate of drug-likeness (QED) is 0.724. The van der Waals surface area contributed by atoms with Gasteiger partial charge < -0.3 is 14.2 Å². The summed E-state index contributed by atoms with van der Waals surface area (Å²) in [6.07, 6.45) is 3.73. The molecule has 0 spiro atoms. The Bertz CT molecular complexity index is 856. The van der Waals surface area contributed by atoms with Gasteiger partial charge in [0.05, 0.1) is 6.26 Å². The van der Waals surface area contributed by atoms with E-state index in [4.69, 9.17) is 9.40 Å². The standard InChI is InChI=1S/C20H21N3O/c1-22-10-17-12-23(13-18(17)11-22)20-5-3-16(9-21-20)14-2-4-19-15(8-14)6-7-24-19/h2-9,17-18H,10-13H2,1H3. The molecule has 2 atom stereocenters. The summed E-state index contributed by atoms with van der Waals surface area (Å²) in [5.74, 6) is 2.72. The molecule has 4 heterocycles. The molecule has 24 heavy (non-hydrogen) atoms. The van der Waals surface area contributed by atoms with Crippen molar-refractivity contribution >= 4 is 16.8 Å². The highest BCUT2D eigenvalue weighted by Gasteiger charge is 2.38. The highest BCUT2D eigenvalue weighted by Crippen LogP contribution is 2.33. The Labute approximate surface area is 141 Å². The number of furan rings is 1. The topological polar surface area (TPSA) is 32.5 Å². The van der Waals surface area contributed by atoms with Crippen LogP contribution in [-0.4, -0.2) is 43.1 Å². The van der Waals surface area contributed by atoms with Crippen LogP contribution in [-0.2, 0) is 0 Å². The van der Waals surface area contributed by atoms with Gasteiger partial charge in [-0.05, 0) is 54.8 Å². The molecule has 1 aromatic carbocycles. The van der Waals surface area contributed by atoms with Crippen LogP contribution in [0.1, 0.15) is 0 Å². The second-order valence-corrected chi connectivity index (χ2v) is 7.22. The van der Waals surface area contributed by atoms with Gasteiger partial charge in [0.25, 0.3) is 0 Å². The molecule has 0 N–H and O–H groups in total. The number of benzene rings is 1. The van der Waals surface area contributed by atoms with E-state index in [0.717, 1.165) is 47.3 Å². The zero-order chi connectivity index (χ0) is 16.1. The first-order valence-corrected chi connectivity index (χ1v) is 8.63. The fourth-order valence-corrected chi connectivity index (χ4v) is 4.30. The van der Waals surface area contributed by atoms with E-state index >= 15 is 0 Å². The van der Waals surface area contributed by atoms with E-state index in [1.807, 2.05) is 18.3 Å². The van der Waals surface area contributed by atoms with Crippen LogP contribution in [0.3, 0.4) is 0 Å². The Morgan fingerprint density at radius 1 is 0.958 bits per heavy atom. The highest BCUT2D eigenvalue weighted by atomic mass is 16.3. The lowest BCUT2D eigenvalue weighted by Crippen LogP contribution is -2.27. The van der Waals surface area contributed by atoms with Crippen molar-refractivity contribution in [1.29, 1.82) is 0 Å². The average molecular weight is 319 g/mol. The van der Waals surface area contributed by atoms with Gasteiger partial charge in [0.15, 0.2) is 0 Å². The molecule has 122 valence electrons. The zero-order valence-electron chi connectivity index (χ0n) is 13.9. The van der Waals surface area contributed by atoms with E-state index in [0.29, 0.717) is 0 Å². The van der Waals surface area contributed by atoms with Crippen LogP contribution in [0.4, 0.5) is 5.82 Å². The first-order valence-electron chi connectivity index (χ1n) is 8.63. The molecule has 2 fully saturated rings. The molecule has 2 aliphatic heterocycles. The third-order valence-corrected chi connectivity index (χ3v) is 5.53. The van der Waals surface area contributed by atoms with Gasteiger partial charge in [-0.1, -0.05) is 6.07 Å². The van der Waals surface area contributed by atoms with Gasteiger partial charge in [0.1, 0.15) is 11.4 Å². The Balaban J connectivity index is 1.37. The first kappa shape index (κ1) is 14.1. The monoisotopic (exact) mass is 319 g/mol. The van der Waals surface area contributed by atoms with Crippen LogP contribution in [0.5, 0.6) is 0 Å². The summed E-state index contributed by atoms with van der Waals surface area (Å²) in [7, 11) is 2.23. The molecule has 0 amide bonds. The molecule has 0 bridgehead atoms. The van der Waals surface area contributed by atoms with Crippen LogP contribution in [0, 0.1) is 11.8 Å². The van der Waals surface area contributed by atoms with Crippen molar-refractivity contribution in [3.8, 4) is 11.1 Å². The molecule has 2 unspecified atom stereocenters. The lowest BCUT2D eigenvalue weighted by atomic mass is 10.0. The number of fused-ring (bicyclic) bond motifs is 2. The van der Waals surface area contributed by atoms with E-state index < -0.39 is 0 Å². The number of aromatic nitrogens is 1. The summed E-state index contributed by atoms with van der Waals surface area (Å²) in [4.78, 5) is 9.64. The van der Waals surface area contributed by atoms with Crippen LogP contribution < -0.4 is 4.90 Å². The molecule has 5 rings (SSSR count). The van der Waals surface area contributed by atoms with Crippen LogP contribution >= 0.6 is 0 Å². The number of hydrogen-bond acceptors (Lipinski definition) is 4. The normalized spacial score (nSPS) is 24.0. The first-order chi connectivity index (χ1) is 11.8. The van der Waals surface area contributed by atoms with Gasteiger partial charge >= 0.3 is 0 Å². The zero-order valence-corrected chi connectivity index (χ0v) is 13.9. The van der Waals surface area contributed by atoms with Gasteiger partial charge in [0, 0.05) is 43.3 Å². The summed E-state index contributed by atoms with van der Waals surface area (Å²) < 4.78 is 5.41. The maximum atomic E-state index is 5.41. The predicted octanol–water partition coefficient (Wildman–Crippen LogP) is 3.49. The van der Waals surface area contributed by atoms with Crippen molar-refractivity contribution < 1.29 is 4.42 Å². The minimum Gasteiger partial charge on any atom is -0.464 e. The molecular formula is C20H21N3O. The van der Waals surface area contributed by atoms with Crippen LogP contribution in [0.15, 0.2) is 53.3 Å². The maximum Gasteiger partial charge on any atom is 0.133 e. The van der Waals surface area contributed by atoms with Crippen LogP contribution in [0.25, 0.3) is 22.1 Å². The Morgan fingerprint density at radius 3 is 2.50 bits per heavy atom. The Hall–Kier alpha value is -2.33. The molecular weight excluding hydrogens is 298 g/mol. The summed E-state index contributed by atoms with van der Waals surface area (Å²) in [6, 6.07) is 12.6. The average Bonchev–Trinajstić information content (AvgIpc) is 3.28. The fourth-order valence-electron chi connectivity index (χ4n) is 4.30. The largest absolute Gasteiger partial charge is 0.464 e. The lowest BCUT2D eigenvalue weighted by molar-refractivity contribution is 0.387. The van der Waals surface area contributed by atoms with Crippen molar-refractivity contribution in [3.63, 3.8) is 0 Å². The highest BCUT2D eigenvalue weighted by molar-refractivity contribution is 5.83. The minimum atomic E-state index is 0.806. The van der Waals surface area contributed by atoms with Gasteiger partial charge in [-0.2, -0.15) is 0 Å². The Kier molecular flexibility index (Phi) is 3.13. The van der Waals surface area contributed by atoms with E-state index in [-0.39, 0.29) is 0 Å². The maximum absolute atomic E-state index is 5.41. The van der Waals surface area contributed by atoms with Crippen molar-refractivity contribution in [2.45, 2.75) is 0 Å². The molecule has 0 saturated carbocycles. The molecule has 2 aromatic heterocycles. The van der Waals surface area contributed by atoms with Gasteiger partial charge in [-0.25, -0.2) is 4.98 Å². The fraction of sp³-hybridized carbons (Fsp3) is 0.350. The molecule has 4 heteroatoms. The molecule has 3 aromatic rings. The van der Waals surface area contributed by atoms with E-state index in [1.165, 1.54) is 18.7 Å². The number of hydrogen-bond donors (Lipinski definition) is 0. The van der Waals surface area contributed by atoms with E-state index in [1.54, 1.807) is 6.26 Å².